The Morgan fingerprint density at radius 1 is 1.48 bits per heavy atom. The maximum absolute atomic E-state index is 12.9. The lowest BCUT2D eigenvalue weighted by atomic mass is 10.1. The molecular formula is C15H19ClF3N3O. The molecule has 0 bridgehead atoms. The van der Waals surface area contributed by atoms with Gasteiger partial charge in [-0.25, -0.2) is 0 Å². The van der Waals surface area contributed by atoms with Crippen molar-refractivity contribution in [2.45, 2.75) is 32.0 Å². The summed E-state index contributed by atoms with van der Waals surface area (Å²) < 4.78 is 38.8. The van der Waals surface area contributed by atoms with Crippen LogP contribution in [0, 0.1) is 0 Å². The van der Waals surface area contributed by atoms with Crippen LogP contribution >= 0.6 is 11.6 Å². The van der Waals surface area contributed by atoms with Gasteiger partial charge in [0, 0.05) is 17.6 Å². The van der Waals surface area contributed by atoms with Crippen molar-refractivity contribution in [3.8, 4) is 0 Å². The van der Waals surface area contributed by atoms with E-state index < -0.39 is 23.3 Å². The van der Waals surface area contributed by atoms with Crippen molar-refractivity contribution >= 4 is 23.2 Å². The second-order valence-electron chi connectivity index (χ2n) is 5.55. The lowest BCUT2D eigenvalue weighted by Crippen LogP contribution is -2.40. The van der Waals surface area contributed by atoms with E-state index in [1.54, 1.807) is 0 Å². The maximum atomic E-state index is 12.9. The molecular weight excluding hydrogens is 331 g/mol. The highest BCUT2D eigenvalue weighted by molar-refractivity contribution is 6.31. The molecule has 4 nitrogen and oxygen atoms in total. The lowest BCUT2D eigenvalue weighted by molar-refractivity contribution is -0.136. The fourth-order valence-corrected chi connectivity index (χ4v) is 3.11. The molecule has 2 rings (SSSR count). The Balaban J connectivity index is 2.15. The van der Waals surface area contributed by atoms with Gasteiger partial charge in [0.25, 0.3) is 5.91 Å². The number of nitrogens with one attached hydrogen (secondary N) is 1. The van der Waals surface area contributed by atoms with Crippen LogP contribution in [0.5, 0.6) is 0 Å². The van der Waals surface area contributed by atoms with Gasteiger partial charge in [-0.15, -0.1) is 0 Å². The topological polar surface area (TPSA) is 58.4 Å². The van der Waals surface area contributed by atoms with Gasteiger partial charge in [0.05, 0.1) is 16.8 Å². The number of hydrogen-bond donors (Lipinski definition) is 2. The number of benzene rings is 1. The van der Waals surface area contributed by atoms with Crippen molar-refractivity contribution in [2.75, 3.05) is 25.4 Å². The van der Waals surface area contributed by atoms with Gasteiger partial charge in [0.2, 0.25) is 0 Å². The van der Waals surface area contributed by atoms with Crippen LogP contribution in [0.4, 0.5) is 18.9 Å². The summed E-state index contributed by atoms with van der Waals surface area (Å²) in [5.74, 6) is -0.640. The van der Waals surface area contributed by atoms with E-state index in [-0.39, 0.29) is 16.6 Å². The third-order valence-corrected chi connectivity index (χ3v) is 4.32. The van der Waals surface area contributed by atoms with E-state index in [1.165, 1.54) is 0 Å². The fourth-order valence-electron chi connectivity index (χ4n) is 2.89. The number of halogens is 4. The molecule has 1 aliphatic heterocycles. The first-order valence-electron chi connectivity index (χ1n) is 7.42. The normalized spacial score (nSPS) is 19.1. The maximum Gasteiger partial charge on any atom is 0.418 e. The summed E-state index contributed by atoms with van der Waals surface area (Å²) in [5.41, 5.74) is 3.59. The van der Waals surface area contributed by atoms with Gasteiger partial charge in [-0.2, -0.15) is 13.2 Å². The van der Waals surface area contributed by atoms with E-state index in [0.29, 0.717) is 6.54 Å². The smallest absolute Gasteiger partial charge is 0.398 e. The minimum atomic E-state index is -4.66. The van der Waals surface area contributed by atoms with Gasteiger partial charge in [0.1, 0.15) is 0 Å². The zero-order chi connectivity index (χ0) is 17.2. The summed E-state index contributed by atoms with van der Waals surface area (Å²) in [5, 5.41) is 2.49. The first kappa shape index (κ1) is 17.9. The van der Waals surface area contributed by atoms with Crippen molar-refractivity contribution in [3.63, 3.8) is 0 Å². The summed E-state index contributed by atoms with van der Waals surface area (Å²) >= 11 is 5.70. The van der Waals surface area contributed by atoms with Crippen LogP contribution in [-0.4, -0.2) is 36.5 Å². The Labute approximate surface area is 137 Å². The average Bonchev–Trinajstić information content (AvgIpc) is 2.93. The standard InChI is InChI=1S/C15H19ClF3N3O/c1-2-22-5-3-4-10(22)8-21-14(23)11-6-9(16)7-12(13(11)20)15(17,18)19/h6-7,10H,2-5,8,20H2,1H3,(H,21,23). The number of rotatable bonds is 4. The highest BCUT2D eigenvalue weighted by Gasteiger charge is 2.35. The van der Waals surface area contributed by atoms with E-state index in [2.05, 4.69) is 10.2 Å². The Morgan fingerprint density at radius 2 is 2.17 bits per heavy atom. The van der Waals surface area contributed by atoms with E-state index in [4.69, 9.17) is 17.3 Å². The van der Waals surface area contributed by atoms with Crippen molar-refractivity contribution in [1.82, 2.24) is 10.2 Å². The monoisotopic (exact) mass is 349 g/mol. The molecule has 0 radical (unpaired) electrons. The van der Waals surface area contributed by atoms with E-state index in [1.807, 2.05) is 6.92 Å². The van der Waals surface area contributed by atoms with Crippen LogP contribution < -0.4 is 11.1 Å². The quantitative estimate of drug-likeness (QED) is 0.821. The number of anilines is 1. The second-order valence-corrected chi connectivity index (χ2v) is 5.98. The predicted octanol–water partition coefficient (Wildman–Crippen LogP) is 3.16. The molecule has 8 heteroatoms. The van der Waals surface area contributed by atoms with Gasteiger partial charge in [-0.3, -0.25) is 9.69 Å². The molecule has 1 aromatic carbocycles. The summed E-state index contributed by atoms with van der Waals surface area (Å²) in [4.78, 5) is 14.4. The highest BCUT2D eigenvalue weighted by atomic mass is 35.5. The van der Waals surface area contributed by atoms with Crippen LogP contribution in [0.3, 0.4) is 0 Å². The molecule has 1 amide bonds. The lowest BCUT2D eigenvalue weighted by Gasteiger charge is -2.23. The van der Waals surface area contributed by atoms with Gasteiger partial charge < -0.3 is 11.1 Å². The predicted molar refractivity (Wildman–Crippen MR) is 83.5 cm³/mol. The van der Waals surface area contributed by atoms with Crippen LogP contribution in [0.15, 0.2) is 12.1 Å². The molecule has 0 saturated carbocycles. The molecule has 0 spiro atoms. The number of amides is 1. The average molecular weight is 350 g/mol. The molecule has 1 fully saturated rings. The molecule has 1 aliphatic rings. The van der Waals surface area contributed by atoms with E-state index >= 15 is 0 Å². The first-order chi connectivity index (χ1) is 10.7. The van der Waals surface area contributed by atoms with Gasteiger partial charge in [-0.1, -0.05) is 18.5 Å². The van der Waals surface area contributed by atoms with E-state index in [9.17, 15) is 18.0 Å². The summed E-state index contributed by atoms with van der Waals surface area (Å²) in [6.07, 6.45) is -2.66. The van der Waals surface area contributed by atoms with Crippen molar-refractivity contribution in [2.24, 2.45) is 0 Å². The number of nitrogens with zero attached hydrogens (tertiary/aromatic N) is 1. The zero-order valence-corrected chi connectivity index (χ0v) is 13.5. The largest absolute Gasteiger partial charge is 0.418 e. The molecule has 1 unspecified atom stereocenters. The molecule has 3 N–H and O–H groups in total. The van der Waals surface area contributed by atoms with Gasteiger partial charge >= 0.3 is 6.18 Å². The van der Waals surface area contributed by atoms with Crippen molar-refractivity contribution in [3.05, 3.63) is 28.3 Å². The molecule has 1 heterocycles. The zero-order valence-electron chi connectivity index (χ0n) is 12.7. The molecule has 0 aromatic heterocycles. The minimum Gasteiger partial charge on any atom is -0.398 e. The molecule has 23 heavy (non-hydrogen) atoms. The van der Waals surface area contributed by atoms with E-state index in [0.717, 1.165) is 38.1 Å². The summed E-state index contributed by atoms with van der Waals surface area (Å²) in [6, 6.07) is 2.09. The number of carbonyl (C=O) groups excluding carboxylic acids is 1. The third-order valence-electron chi connectivity index (χ3n) is 4.10. The number of carbonyl (C=O) groups is 1. The Morgan fingerprint density at radius 3 is 2.78 bits per heavy atom. The van der Waals surface area contributed by atoms with Crippen molar-refractivity contribution < 1.29 is 18.0 Å². The number of nitrogens with two attached hydrogens (primary N) is 1. The van der Waals surface area contributed by atoms with Gasteiger partial charge in [0.15, 0.2) is 0 Å². The van der Waals surface area contributed by atoms with Crippen LogP contribution in [0.25, 0.3) is 0 Å². The van der Waals surface area contributed by atoms with Crippen LogP contribution in [-0.2, 0) is 6.18 Å². The summed E-state index contributed by atoms with van der Waals surface area (Å²) in [7, 11) is 0. The number of likely N-dealkylation sites (tertiary alicyclic amines) is 1. The second kappa shape index (κ2) is 6.97. The van der Waals surface area contributed by atoms with Gasteiger partial charge in [-0.05, 0) is 38.1 Å². The molecule has 1 atom stereocenters. The van der Waals surface area contributed by atoms with Crippen LogP contribution in [0.1, 0.15) is 35.7 Å². The number of alkyl halides is 3. The molecule has 1 saturated heterocycles. The third kappa shape index (κ3) is 4.09. The molecule has 0 aliphatic carbocycles. The Kier molecular flexibility index (Phi) is 5.41. The Hall–Kier alpha value is -1.47. The van der Waals surface area contributed by atoms with Crippen molar-refractivity contribution in [1.29, 1.82) is 0 Å². The minimum absolute atomic E-state index is 0.173. The Bertz CT molecular complexity index is 592. The number of likely N-dealkylation sites (N-methyl/N-ethyl adjacent to an activating group) is 1. The summed E-state index contributed by atoms with van der Waals surface area (Å²) in [6.45, 7) is 4.25. The fraction of sp³-hybridized carbons (Fsp3) is 0.533. The first-order valence-corrected chi connectivity index (χ1v) is 7.80. The number of nitrogen functional groups attached to an aromatic ring is 1. The molecule has 128 valence electrons. The number of hydrogen-bond acceptors (Lipinski definition) is 3. The highest BCUT2D eigenvalue weighted by Crippen LogP contribution is 2.37. The molecule has 1 aromatic rings. The van der Waals surface area contributed by atoms with Crippen LogP contribution in [0.2, 0.25) is 5.02 Å². The SMILES string of the molecule is CCN1CCCC1CNC(=O)c1cc(Cl)cc(C(F)(F)F)c1N.